The third-order valence-corrected chi connectivity index (χ3v) is 0. The Morgan fingerprint density at radius 1 is 1.43 bits per heavy atom. The van der Waals surface area contributed by atoms with E-state index in [2.05, 4.69) is 0 Å². The normalized spacial score (nSPS) is 6.00. The maximum Gasteiger partial charge on any atom is 0.254 e. The van der Waals surface area contributed by atoms with Gasteiger partial charge in [-0.3, -0.25) is 4.55 Å². The quantitative estimate of drug-likeness (QED) is 0.147. The number of nitrogens with zero attached hydrogens (tertiary/aromatic N) is 1. The first kappa shape index (κ1) is 9.52. The molecule has 7 heteroatoms. The zero-order valence-electron chi connectivity index (χ0n) is 3.16. The van der Waals surface area contributed by atoms with Crippen LogP contribution in [0.4, 0.5) is 0 Å². The first-order valence-electron chi connectivity index (χ1n) is 1.01. The summed E-state index contributed by atoms with van der Waals surface area (Å²) in [7, 11) is -3.12. The SMILES string of the molecule is N=[N+]=N.O=[SH](=O)O. The minimum atomic E-state index is -3.12. The zero-order chi connectivity index (χ0) is 6.28. The second kappa shape index (κ2) is 8.97. The Balaban J connectivity index is 0. The molecule has 0 spiro atoms. The lowest BCUT2D eigenvalue weighted by Crippen LogP contribution is -1.58. The van der Waals surface area contributed by atoms with E-state index in [9.17, 15) is 0 Å². The molecule has 6 nitrogen and oxygen atoms in total. The van der Waals surface area contributed by atoms with Crippen molar-refractivity contribution < 1.29 is 13.0 Å². The van der Waals surface area contributed by atoms with Crippen molar-refractivity contribution in [2.45, 2.75) is 0 Å². The maximum absolute atomic E-state index is 8.59. The summed E-state index contributed by atoms with van der Waals surface area (Å²) in [5.41, 5.74) is 11.0. The lowest BCUT2D eigenvalue weighted by molar-refractivity contribution is 0.509. The number of nitrogens with one attached hydrogen (secondary N) is 2. The van der Waals surface area contributed by atoms with Crippen molar-refractivity contribution in [1.82, 2.24) is 4.91 Å². The van der Waals surface area contributed by atoms with Gasteiger partial charge in [-0.1, -0.05) is 0 Å². The van der Waals surface area contributed by atoms with Gasteiger partial charge in [0.2, 0.25) is 4.91 Å². The summed E-state index contributed by atoms with van der Waals surface area (Å²) in [6.45, 7) is 0. The molecule has 0 fully saturated rings. The number of hydrogen-bond donors (Lipinski definition) is 4. The molecule has 0 aliphatic rings. The number of hydrogen-bond acceptors (Lipinski definition) is 4. The summed E-state index contributed by atoms with van der Waals surface area (Å²) >= 11 is 0. The first-order valence-corrected chi connectivity index (χ1v) is 2.14. The Morgan fingerprint density at radius 3 is 1.43 bits per heavy atom. The molecule has 0 heterocycles. The second-order valence-electron chi connectivity index (χ2n) is 0.350. The van der Waals surface area contributed by atoms with Gasteiger partial charge in [-0.25, -0.2) is 8.42 Å². The van der Waals surface area contributed by atoms with Crippen LogP contribution in [0, 0.1) is 11.1 Å². The van der Waals surface area contributed by atoms with E-state index >= 15 is 0 Å². The highest BCUT2D eigenvalue weighted by molar-refractivity contribution is 7.66. The highest BCUT2D eigenvalue weighted by atomic mass is 32.2. The molecule has 0 rings (SSSR count). The van der Waals surface area contributed by atoms with Crippen LogP contribution >= 0.6 is 0 Å². The fourth-order valence-corrected chi connectivity index (χ4v) is 0. The highest BCUT2D eigenvalue weighted by Gasteiger charge is 1.44. The van der Waals surface area contributed by atoms with E-state index in [0.29, 0.717) is 0 Å². The predicted octanol–water partition coefficient (Wildman–Crippen LogP) is -0.814. The summed E-state index contributed by atoms with van der Waals surface area (Å²) in [4.78, 5) is 2.00. The van der Waals surface area contributed by atoms with Crippen LogP contribution in [0.3, 0.4) is 0 Å². The molecule has 0 radical (unpaired) electrons. The molecular formula is H4N3O3S+. The molecule has 0 aromatic heterocycles. The van der Waals surface area contributed by atoms with E-state index in [-0.39, 0.29) is 0 Å². The summed E-state index contributed by atoms with van der Waals surface area (Å²) < 4.78 is 24.2. The molecule has 0 amide bonds. The van der Waals surface area contributed by atoms with Gasteiger partial charge >= 0.3 is 0 Å². The van der Waals surface area contributed by atoms with Crippen LogP contribution in [0.2, 0.25) is 0 Å². The van der Waals surface area contributed by atoms with Gasteiger partial charge in [-0.15, -0.1) is 0 Å². The molecule has 0 unspecified atom stereocenters. The third-order valence-electron chi connectivity index (χ3n) is 0. The molecular weight excluding hydrogens is 122 g/mol. The van der Waals surface area contributed by atoms with Gasteiger partial charge in [0.05, 0.1) is 0 Å². The average Bonchev–Trinajstić information content (AvgIpc) is 1.33. The molecule has 0 aliphatic carbocycles. The standard InChI is InChI=1S/H2N3.H2O3S/c1-3-2;1-4(2)3/h1-2H;4H,(H,1,2,3)/q+1;. The van der Waals surface area contributed by atoms with Gasteiger partial charge in [-0.2, -0.15) is 0 Å². The third kappa shape index (κ3) is 89.0. The Labute approximate surface area is 41.0 Å². The van der Waals surface area contributed by atoms with Crippen LogP contribution in [-0.4, -0.2) is 13.0 Å². The molecule has 0 saturated carbocycles. The Morgan fingerprint density at radius 2 is 1.43 bits per heavy atom. The molecule has 0 aliphatic heterocycles. The van der Waals surface area contributed by atoms with Crippen LogP contribution in [0.15, 0.2) is 0 Å². The molecule has 0 atom stereocenters. The van der Waals surface area contributed by atoms with E-state index in [1.165, 1.54) is 0 Å². The maximum atomic E-state index is 8.59. The van der Waals surface area contributed by atoms with Crippen molar-refractivity contribution in [3.8, 4) is 0 Å². The van der Waals surface area contributed by atoms with Crippen molar-refractivity contribution in [2.24, 2.45) is 0 Å². The Kier molecular flexibility index (Phi) is 12.2. The molecule has 42 valence electrons. The van der Waals surface area contributed by atoms with E-state index in [1.54, 1.807) is 0 Å². The number of rotatable bonds is 0. The van der Waals surface area contributed by atoms with Crippen LogP contribution in [0.1, 0.15) is 0 Å². The van der Waals surface area contributed by atoms with E-state index in [4.69, 9.17) is 24.0 Å². The largest absolute Gasteiger partial charge is 0.288 e. The van der Waals surface area contributed by atoms with Gasteiger partial charge in [0.25, 0.3) is 11.0 Å². The Bertz CT molecular complexity index is 110. The van der Waals surface area contributed by atoms with E-state index < -0.39 is 11.0 Å². The summed E-state index contributed by atoms with van der Waals surface area (Å²) in [5, 5.41) is 0. The summed E-state index contributed by atoms with van der Waals surface area (Å²) in [6, 6.07) is 0. The summed E-state index contributed by atoms with van der Waals surface area (Å²) in [5.74, 6) is 0. The van der Waals surface area contributed by atoms with Crippen LogP contribution in [0.5, 0.6) is 0 Å². The number of thiol groups is 1. The van der Waals surface area contributed by atoms with Crippen LogP contribution in [0.25, 0.3) is 0 Å². The average molecular weight is 126 g/mol. The smallest absolute Gasteiger partial charge is 0.254 e. The van der Waals surface area contributed by atoms with Gasteiger partial charge in [0.1, 0.15) is 11.1 Å². The second-order valence-corrected chi connectivity index (χ2v) is 0.825. The van der Waals surface area contributed by atoms with Gasteiger partial charge in [-0.05, 0) is 0 Å². The van der Waals surface area contributed by atoms with Crippen molar-refractivity contribution in [3.05, 3.63) is 0 Å². The predicted molar refractivity (Wildman–Crippen MR) is 20.5 cm³/mol. The van der Waals surface area contributed by atoms with Crippen molar-refractivity contribution in [2.75, 3.05) is 0 Å². The van der Waals surface area contributed by atoms with Gasteiger partial charge < -0.3 is 0 Å². The molecule has 0 aromatic rings. The molecule has 0 saturated heterocycles. The van der Waals surface area contributed by atoms with Crippen LogP contribution < -0.4 is 4.91 Å². The van der Waals surface area contributed by atoms with Crippen molar-refractivity contribution in [1.29, 1.82) is 11.1 Å². The fraction of sp³-hybridized carbons (Fsp3) is 0. The topological polar surface area (TPSA) is 116 Å². The molecule has 7 heavy (non-hydrogen) atoms. The fourth-order valence-electron chi connectivity index (χ4n) is 0. The minimum absolute atomic E-state index is 2.00. The monoisotopic (exact) mass is 126 g/mol. The lowest BCUT2D eigenvalue weighted by Gasteiger charge is -1.43. The molecule has 3 N–H and O–H groups in total. The molecule has 0 bridgehead atoms. The van der Waals surface area contributed by atoms with Crippen molar-refractivity contribution in [3.63, 3.8) is 0 Å². The van der Waals surface area contributed by atoms with E-state index in [1.807, 2.05) is 4.91 Å². The highest BCUT2D eigenvalue weighted by Crippen LogP contribution is 1.27. The minimum Gasteiger partial charge on any atom is -0.288 e. The summed E-state index contributed by atoms with van der Waals surface area (Å²) in [6.07, 6.45) is 0. The van der Waals surface area contributed by atoms with E-state index in [0.717, 1.165) is 0 Å². The first-order chi connectivity index (χ1) is 3.15. The zero-order valence-corrected chi connectivity index (χ0v) is 4.05. The van der Waals surface area contributed by atoms with Crippen LogP contribution in [-0.2, 0) is 11.0 Å². The molecule has 0 aromatic carbocycles. The van der Waals surface area contributed by atoms with Crippen molar-refractivity contribution >= 4 is 11.0 Å². The Hall–Kier alpha value is -0.780. The van der Waals surface area contributed by atoms with Gasteiger partial charge in [0.15, 0.2) is 0 Å². The van der Waals surface area contributed by atoms with Gasteiger partial charge in [0, 0.05) is 0 Å². The lowest BCUT2D eigenvalue weighted by atomic mass is 13.0.